The molecule has 2 atom stereocenters. The Morgan fingerprint density at radius 2 is 2.11 bits per heavy atom. The molecule has 7 nitrogen and oxygen atoms in total. The molecule has 2 aliphatic carbocycles. The Morgan fingerprint density at radius 1 is 1.29 bits per heavy atom. The molecule has 1 amide bonds. The molecule has 0 radical (unpaired) electrons. The van der Waals surface area contributed by atoms with Crippen molar-refractivity contribution in [2.24, 2.45) is 5.92 Å². The van der Waals surface area contributed by atoms with E-state index in [9.17, 15) is 13.6 Å². The highest BCUT2D eigenvalue weighted by molar-refractivity contribution is 7.13. The third-order valence-electron chi connectivity index (χ3n) is 7.08. The van der Waals surface area contributed by atoms with Crippen LogP contribution in [0.15, 0.2) is 60.6 Å². The molecule has 6 rings (SSSR count). The molecule has 10 heteroatoms. The maximum Gasteiger partial charge on any atom is 0.267 e. The zero-order valence-corrected chi connectivity index (χ0v) is 20.0. The smallest absolute Gasteiger partial charge is 0.267 e. The SMILES string of the molecule is C=C(/C(F)=C\C=C(/C)F)[C@@]12C[C@@H]1CCN2c1ccn2ncc(NC(=O)c3cnc(C4CC4)s3)c2n1. The summed E-state index contributed by atoms with van der Waals surface area (Å²) in [5, 5.41) is 8.22. The second kappa shape index (κ2) is 8.08. The first kappa shape index (κ1) is 22.1. The number of amides is 1. The minimum absolute atomic E-state index is 0.242. The summed E-state index contributed by atoms with van der Waals surface area (Å²) >= 11 is 1.42. The highest BCUT2D eigenvalue weighted by Gasteiger charge is 2.64. The van der Waals surface area contributed by atoms with E-state index in [1.165, 1.54) is 18.3 Å². The van der Waals surface area contributed by atoms with E-state index >= 15 is 0 Å². The second-order valence-corrected chi connectivity index (χ2v) is 10.5. The molecule has 1 N–H and O–H groups in total. The highest BCUT2D eigenvalue weighted by Crippen LogP contribution is 2.61. The van der Waals surface area contributed by atoms with Gasteiger partial charge in [-0.1, -0.05) is 6.58 Å². The lowest BCUT2D eigenvalue weighted by Gasteiger charge is -2.30. The molecule has 2 saturated carbocycles. The van der Waals surface area contributed by atoms with Crippen molar-refractivity contribution in [3.8, 4) is 0 Å². The van der Waals surface area contributed by atoms with Crippen molar-refractivity contribution < 1.29 is 13.6 Å². The average Bonchev–Trinajstić information content (AvgIpc) is 3.68. The number of hydrogen-bond acceptors (Lipinski definition) is 6. The fourth-order valence-electron chi connectivity index (χ4n) is 5.01. The number of carbonyl (C=O) groups is 1. The molecule has 0 bridgehead atoms. The Bertz CT molecular complexity index is 1420. The standard InChI is InChI=1S/C25H24F2N6OS/c1-14(26)3-6-18(27)15(2)25-11-17(25)7-9-32(25)21-8-10-33-22(31-21)19(12-29-33)30-23(34)20-13-28-24(35-20)16-4-5-16/h3,6,8,10,12-13,16-17H,2,4-5,7,9,11H2,1H3,(H,30,34)/b14-3+,18-6+/t17-,25-/m0/s1. The first-order valence-corrected chi connectivity index (χ1v) is 12.5. The van der Waals surface area contributed by atoms with Crippen molar-refractivity contribution in [2.45, 2.75) is 44.1 Å². The number of hydrogen-bond donors (Lipinski definition) is 1. The number of anilines is 2. The van der Waals surface area contributed by atoms with Gasteiger partial charge in [-0.2, -0.15) is 5.10 Å². The summed E-state index contributed by atoms with van der Waals surface area (Å²) in [6, 6.07) is 1.83. The third kappa shape index (κ3) is 3.76. The van der Waals surface area contributed by atoms with Gasteiger partial charge < -0.3 is 10.2 Å². The summed E-state index contributed by atoms with van der Waals surface area (Å²) in [5.74, 6) is 0.198. The molecular formula is C25H24F2N6OS. The molecule has 35 heavy (non-hydrogen) atoms. The van der Waals surface area contributed by atoms with E-state index in [1.54, 1.807) is 23.1 Å². The van der Waals surface area contributed by atoms with E-state index in [1.807, 2.05) is 6.07 Å². The Morgan fingerprint density at radius 3 is 2.86 bits per heavy atom. The summed E-state index contributed by atoms with van der Waals surface area (Å²) in [6.45, 7) is 6.00. The number of nitrogens with zero attached hydrogens (tertiary/aromatic N) is 5. The summed E-state index contributed by atoms with van der Waals surface area (Å²) in [7, 11) is 0. The average molecular weight is 495 g/mol. The van der Waals surface area contributed by atoms with E-state index in [0.29, 0.717) is 40.1 Å². The van der Waals surface area contributed by atoms with Crippen LogP contribution in [0.2, 0.25) is 0 Å². The quantitative estimate of drug-likeness (QED) is 0.435. The molecule has 3 aromatic heterocycles. The number of aromatic nitrogens is 4. The molecule has 4 heterocycles. The van der Waals surface area contributed by atoms with Crippen molar-refractivity contribution in [1.82, 2.24) is 19.6 Å². The summed E-state index contributed by atoms with van der Waals surface area (Å²) in [5.41, 5.74) is 0.778. The van der Waals surface area contributed by atoms with Crippen molar-refractivity contribution in [1.29, 1.82) is 0 Å². The predicted molar refractivity (Wildman–Crippen MR) is 131 cm³/mol. The van der Waals surface area contributed by atoms with Crippen LogP contribution in [0.1, 0.15) is 53.2 Å². The fourth-order valence-corrected chi connectivity index (χ4v) is 6.00. The van der Waals surface area contributed by atoms with Gasteiger partial charge in [-0.15, -0.1) is 11.3 Å². The Kier molecular flexibility index (Phi) is 5.10. The molecule has 3 aromatic rings. The van der Waals surface area contributed by atoms with Gasteiger partial charge in [0.25, 0.3) is 5.91 Å². The first-order chi connectivity index (χ1) is 16.9. The second-order valence-electron chi connectivity index (χ2n) is 9.42. The topological polar surface area (TPSA) is 75.4 Å². The molecule has 0 unspecified atom stereocenters. The highest BCUT2D eigenvalue weighted by atomic mass is 32.1. The van der Waals surface area contributed by atoms with Crippen LogP contribution in [-0.4, -0.2) is 37.6 Å². The van der Waals surface area contributed by atoms with Crippen molar-refractivity contribution in [3.05, 3.63) is 70.5 Å². The zero-order chi connectivity index (χ0) is 24.3. The van der Waals surface area contributed by atoms with Crippen LogP contribution in [-0.2, 0) is 0 Å². The molecule has 3 aliphatic rings. The number of halogens is 2. The van der Waals surface area contributed by atoms with Crippen molar-refractivity contribution in [3.63, 3.8) is 0 Å². The van der Waals surface area contributed by atoms with Crippen LogP contribution >= 0.6 is 11.3 Å². The number of allylic oxidation sites excluding steroid dienone is 3. The van der Waals surface area contributed by atoms with Crippen LogP contribution < -0.4 is 10.2 Å². The maximum absolute atomic E-state index is 14.8. The molecular weight excluding hydrogens is 470 g/mol. The van der Waals surface area contributed by atoms with E-state index in [2.05, 4.69) is 26.9 Å². The number of piperidine rings is 1. The zero-order valence-electron chi connectivity index (χ0n) is 19.2. The van der Waals surface area contributed by atoms with Gasteiger partial charge in [0.2, 0.25) is 0 Å². The van der Waals surface area contributed by atoms with Crippen LogP contribution in [0, 0.1) is 5.92 Å². The third-order valence-corrected chi connectivity index (χ3v) is 8.24. The number of nitrogens with one attached hydrogen (secondary N) is 1. The molecule has 1 aliphatic heterocycles. The lowest BCUT2D eigenvalue weighted by Crippen LogP contribution is -2.37. The minimum Gasteiger partial charge on any atom is -0.346 e. The summed E-state index contributed by atoms with van der Waals surface area (Å²) < 4.78 is 29.5. The Balaban J connectivity index is 1.27. The Labute approximate surface area is 204 Å². The van der Waals surface area contributed by atoms with Gasteiger partial charge in [-0.05, 0) is 56.7 Å². The number of thiazole rings is 1. The minimum atomic E-state index is -0.560. The van der Waals surface area contributed by atoms with Gasteiger partial charge in [0, 0.05) is 24.2 Å². The van der Waals surface area contributed by atoms with E-state index in [0.717, 1.165) is 42.8 Å². The van der Waals surface area contributed by atoms with Crippen LogP contribution in [0.5, 0.6) is 0 Å². The van der Waals surface area contributed by atoms with Gasteiger partial charge >= 0.3 is 0 Å². The molecule has 3 fully saturated rings. The maximum atomic E-state index is 14.8. The van der Waals surface area contributed by atoms with Gasteiger partial charge in [0.1, 0.15) is 22.2 Å². The summed E-state index contributed by atoms with van der Waals surface area (Å²) in [6.07, 6.45) is 11.1. The normalized spacial score (nSPS) is 24.1. The number of carbonyl (C=O) groups excluding carboxylic acids is 1. The fraction of sp³-hybridized carbons (Fsp3) is 0.360. The number of rotatable bonds is 7. The lowest BCUT2D eigenvalue weighted by molar-refractivity contribution is 0.103. The van der Waals surface area contributed by atoms with Gasteiger partial charge in [0.05, 0.1) is 28.8 Å². The lowest BCUT2D eigenvalue weighted by atomic mass is 10.0. The molecule has 0 aromatic carbocycles. The largest absolute Gasteiger partial charge is 0.346 e. The van der Waals surface area contributed by atoms with E-state index in [4.69, 9.17) is 4.98 Å². The van der Waals surface area contributed by atoms with E-state index in [-0.39, 0.29) is 11.8 Å². The van der Waals surface area contributed by atoms with Gasteiger partial charge in [-0.25, -0.2) is 23.3 Å². The monoisotopic (exact) mass is 494 g/mol. The molecule has 1 saturated heterocycles. The van der Waals surface area contributed by atoms with Crippen LogP contribution in [0.3, 0.4) is 0 Å². The van der Waals surface area contributed by atoms with E-state index < -0.39 is 17.2 Å². The van der Waals surface area contributed by atoms with Crippen molar-refractivity contribution in [2.75, 3.05) is 16.8 Å². The van der Waals surface area contributed by atoms with Gasteiger partial charge in [-0.3, -0.25) is 4.79 Å². The molecule has 180 valence electrons. The number of fused-ring (bicyclic) bond motifs is 2. The van der Waals surface area contributed by atoms with Crippen molar-refractivity contribution >= 4 is 34.4 Å². The predicted octanol–water partition coefficient (Wildman–Crippen LogP) is 5.57. The summed E-state index contributed by atoms with van der Waals surface area (Å²) in [4.78, 5) is 24.6. The molecule has 0 spiro atoms. The van der Waals surface area contributed by atoms with Crippen LogP contribution in [0.25, 0.3) is 5.65 Å². The Hall–Kier alpha value is -3.40. The van der Waals surface area contributed by atoms with Crippen LogP contribution in [0.4, 0.5) is 20.3 Å². The first-order valence-electron chi connectivity index (χ1n) is 11.7. The van der Waals surface area contributed by atoms with Gasteiger partial charge in [0.15, 0.2) is 5.65 Å².